The summed E-state index contributed by atoms with van der Waals surface area (Å²) in [5.74, 6) is -0.0755. The Morgan fingerprint density at radius 1 is 1.00 bits per heavy atom. The number of carbonyl (C=O) groups excluding carboxylic acids is 2. The minimum atomic E-state index is -3.54. The van der Waals surface area contributed by atoms with Crippen LogP contribution in [0.25, 0.3) is 0 Å². The first-order valence-electron chi connectivity index (χ1n) is 10.3. The first kappa shape index (κ1) is 21.8. The monoisotopic (exact) mass is 421 g/mol. The van der Waals surface area contributed by atoms with Gasteiger partial charge in [0.1, 0.15) is 0 Å². The van der Waals surface area contributed by atoms with E-state index >= 15 is 0 Å². The molecule has 0 aromatic heterocycles. The largest absolute Gasteiger partial charge is 0.353 e. The predicted octanol–water partition coefficient (Wildman–Crippen LogP) is 1.83. The van der Waals surface area contributed by atoms with Gasteiger partial charge in [-0.3, -0.25) is 9.59 Å². The van der Waals surface area contributed by atoms with E-state index in [0.717, 1.165) is 24.0 Å². The average Bonchev–Trinajstić information content (AvgIpc) is 2.68. The van der Waals surface area contributed by atoms with Gasteiger partial charge in [-0.1, -0.05) is 17.7 Å². The molecule has 2 aliphatic heterocycles. The Morgan fingerprint density at radius 2 is 1.62 bits per heavy atom. The number of rotatable bonds is 4. The van der Waals surface area contributed by atoms with E-state index in [1.807, 2.05) is 26.0 Å². The summed E-state index contributed by atoms with van der Waals surface area (Å²) in [5, 5.41) is 3.10. The molecule has 3 rings (SSSR count). The predicted molar refractivity (Wildman–Crippen MR) is 111 cm³/mol. The Morgan fingerprint density at radius 3 is 2.17 bits per heavy atom. The molecule has 7 nitrogen and oxygen atoms in total. The summed E-state index contributed by atoms with van der Waals surface area (Å²) in [5.41, 5.74) is 1.78. The number of carbonyl (C=O) groups is 2. The molecule has 0 saturated carbocycles. The Bertz CT molecular complexity index is 868. The van der Waals surface area contributed by atoms with Gasteiger partial charge >= 0.3 is 0 Å². The maximum Gasteiger partial charge on any atom is 0.243 e. The SMILES string of the molecule is CC(=O)N1CCC(NC(=O)C2CCN(S(=O)(=O)c3ccc(C)cc3C)CC2)CC1. The Balaban J connectivity index is 1.53. The standard InChI is InChI=1S/C21H31N3O4S/c1-15-4-5-20(16(2)14-15)29(27,28)24-12-6-18(7-13-24)21(26)22-19-8-10-23(11-9-19)17(3)25/h4-5,14,18-19H,6-13H2,1-3H3,(H,22,26). The first-order chi connectivity index (χ1) is 13.7. The average molecular weight is 422 g/mol. The van der Waals surface area contributed by atoms with E-state index in [-0.39, 0.29) is 23.8 Å². The smallest absolute Gasteiger partial charge is 0.243 e. The summed E-state index contributed by atoms with van der Waals surface area (Å²) in [6, 6.07) is 5.46. The summed E-state index contributed by atoms with van der Waals surface area (Å²) < 4.78 is 27.5. The maximum atomic E-state index is 13.0. The van der Waals surface area contributed by atoms with Gasteiger partial charge in [-0.2, -0.15) is 4.31 Å². The van der Waals surface area contributed by atoms with Crippen molar-refractivity contribution in [2.24, 2.45) is 5.92 Å². The maximum absolute atomic E-state index is 13.0. The van der Waals surface area contributed by atoms with Crippen molar-refractivity contribution < 1.29 is 18.0 Å². The van der Waals surface area contributed by atoms with E-state index in [2.05, 4.69) is 5.32 Å². The second-order valence-electron chi connectivity index (χ2n) is 8.24. The Hall–Kier alpha value is -1.93. The highest BCUT2D eigenvalue weighted by Gasteiger charge is 2.33. The zero-order valence-electron chi connectivity index (χ0n) is 17.5. The summed E-state index contributed by atoms with van der Waals surface area (Å²) in [6.45, 7) is 7.39. The molecule has 1 aromatic rings. The van der Waals surface area contributed by atoms with E-state index in [1.54, 1.807) is 17.9 Å². The number of sulfonamides is 1. The third kappa shape index (κ3) is 4.98. The molecule has 160 valence electrons. The molecule has 0 spiro atoms. The Kier molecular flexibility index (Phi) is 6.63. The fourth-order valence-corrected chi connectivity index (χ4v) is 5.92. The number of benzene rings is 1. The van der Waals surface area contributed by atoms with Gasteiger partial charge in [-0.15, -0.1) is 0 Å². The van der Waals surface area contributed by atoms with Crippen LogP contribution < -0.4 is 5.32 Å². The number of hydrogen-bond donors (Lipinski definition) is 1. The van der Waals surface area contributed by atoms with Crippen LogP contribution in [0.1, 0.15) is 43.7 Å². The summed E-state index contributed by atoms with van der Waals surface area (Å²) in [6.07, 6.45) is 2.60. The van der Waals surface area contributed by atoms with Gasteiger partial charge in [0.2, 0.25) is 21.8 Å². The lowest BCUT2D eigenvalue weighted by molar-refractivity contribution is -0.130. The van der Waals surface area contributed by atoms with E-state index < -0.39 is 10.0 Å². The van der Waals surface area contributed by atoms with E-state index in [9.17, 15) is 18.0 Å². The molecule has 0 bridgehead atoms. The second kappa shape index (κ2) is 8.83. The van der Waals surface area contributed by atoms with Gasteiger partial charge in [0.15, 0.2) is 0 Å². The molecule has 0 radical (unpaired) electrons. The molecule has 2 saturated heterocycles. The molecular formula is C21H31N3O4S. The van der Waals surface area contributed by atoms with Crippen LogP contribution in [0.5, 0.6) is 0 Å². The minimum absolute atomic E-state index is 0.00911. The van der Waals surface area contributed by atoms with E-state index in [4.69, 9.17) is 0 Å². The van der Waals surface area contributed by atoms with Crippen molar-refractivity contribution in [2.75, 3.05) is 26.2 Å². The van der Waals surface area contributed by atoms with Crippen molar-refractivity contribution in [1.82, 2.24) is 14.5 Å². The van der Waals surface area contributed by atoms with Crippen LogP contribution in [-0.4, -0.2) is 61.7 Å². The zero-order chi connectivity index (χ0) is 21.2. The van der Waals surface area contributed by atoms with Crippen LogP contribution in [0.2, 0.25) is 0 Å². The highest BCUT2D eigenvalue weighted by atomic mass is 32.2. The van der Waals surface area contributed by atoms with Crippen molar-refractivity contribution in [3.63, 3.8) is 0 Å². The lowest BCUT2D eigenvalue weighted by Gasteiger charge is -2.34. The highest BCUT2D eigenvalue weighted by Crippen LogP contribution is 2.26. The zero-order valence-corrected chi connectivity index (χ0v) is 18.3. The number of aryl methyl sites for hydroxylation is 2. The lowest BCUT2D eigenvalue weighted by Crippen LogP contribution is -2.49. The van der Waals surface area contributed by atoms with Gasteiger partial charge in [0.05, 0.1) is 4.90 Å². The molecule has 0 atom stereocenters. The Labute approximate surface area is 173 Å². The third-order valence-corrected chi connectivity index (χ3v) is 8.12. The van der Waals surface area contributed by atoms with E-state index in [1.165, 1.54) is 4.31 Å². The van der Waals surface area contributed by atoms with Crippen LogP contribution in [-0.2, 0) is 19.6 Å². The first-order valence-corrected chi connectivity index (χ1v) is 11.8. The highest BCUT2D eigenvalue weighted by molar-refractivity contribution is 7.89. The summed E-state index contributed by atoms with van der Waals surface area (Å²) in [7, 11) is -3.54. The van der Waals surface area contributed by atoms with Crippen LogP contribution in [0.4, 0.5) is 0 Å². The van der Waals surface area contributed by atoms with Crippen LogP contribution in [0, 0.1) is 19.8 Å². The van der Waals surface area contributed by atoms with Crippen molar-refractivity contribution in [3.8, 4) is 0 Å². The number of amides is 2. The molecule has 1 N–H and O–H groups in total. The molecule has 8 heteroatoms. The van der Waals surface area contributed by atoms with Crippen LogP contribution >= 0.6 is 0 Å². The van der Waals surface area contributed by atoms with Crippen molar-refractivity contribution in [2.45, 2.75) is 57.4 Å². The molecule has 2 heterocycles. The fraction of sp³-hybridized carbons (Fsp3) is 0.619. The van der Waals surface area contributed by atoms with Gasteiger partial charge < -0.3 is 10.2 Å². The normalized spacial score (nSPS) is 19.9. The van der Waals surface area contributed by atoms with Crippen LogP contribution in [0.15, 0.2) is 23.1 Å². The number of nitrogens with zero attached hydrogens (tertiary/aromatic N) is 2. The fourth-order valence-electron chi connectivity index (χ4n) is 4.24. The summed E-state index contributed by atoms with van der Waals surface area (Å²) in [4.78, 5) is 26.2. The van der Waals surface area contributed by atoms with Crippen molar-refractivity contribution in [1.29, 1.82) is 0 Å². The van der Waals surface area contributed by atoms with Crippen molar-refractivity contribution in [3.05, 3.63) is 29.3 Å². The molecule has 2 aliphatic rings. The van der Waals surface area contributed by atoms with Gasteiger partial charge in [-0.25, -0.2) is 8.42 Å². The van der Waals surface area contributed by atoms with Crippen molar-refractivity contribution >= 4 is 21.8 Å². The number of likely N-dealkylation sites (tertiary alicyclic amines) is 1. The number of hydrogen-bond acceptors (Lipinski definition) is 4. The molecule has 0 aliphatic carbocycles. The molecule has 1 aromatic carbocycles. The van der Waals surface area contributed by atoms with Crippen LogP contribution in [0.3, 0.4) is 0 Å². The molecule has 0 unspecified atom stereocenters. The van der Waals surface area contributed by atoms with Gasteiger partial charge in [-0.05, 0) is 51.2 Å². The van der Waals surface area contributed by atoms with Gasteiger partial charge in [0.25, 0.3) is 0 Å². The number of piperidine rings is 2. The number of nitrogens with one attached hydrogen (secondary N) is 1. The quantitative estimate of drug-likeness (QED) is 0.804. The molecule has 2 fully saturated rings. The van der Waals surface area contributed by atoms with Gasteiger partial charge in [0, 0.05) is 45.1 Å². The third-order valence-electron chi connectivity index (χ3n) is 6.06. The molecular weight excluding hydrogens is 390 g/mol. The summed E-state index contributed by atoms with van der Waals surface area (Å²) >= 11 is 0. The second-order valence-corrected chi connectivity index (χ2v) is 10.1. The topological polar surface area (TPSA) is 86.8 Å². The molecule has 2 amide bonds. The van der Waals surface area contributed by atoms with E-state index in [0.29, 0.717) is 43.9 Å². The minimum Gasteiger partial charge on any atom is -0.353 e. The lowest BCUT2D eigenvalue weighted by atomic mass is 9.96. The molecule has 29 heavy (non-hydrogen) atoms.